The minimum atomic E-state index is -0.330. The van der Waals surface area contributed by atoms with Gasteiger partial charge in [0.05, 0.1) is 6.61 Å². The summed E-state index contributed by atoms with van der Waals surface area (Å²) in [7, 11) is 0. The van der Waals surface area contributed by atoms with Crippen molar-refractivity contribution in [2.45, 2.75) is 39.0 Å². The van der Waals surface area contributed by atoms with E-state index < -0.39 is 0 Å². The van der Waals surface area contributed by atoms with Crippen LogP contribution in [0.5, 0.6) is 5.75 Å². The minimum absolute atomic E-state index is 0.317. The highest BCUT2D eigenvalue weighted by Crippen LogP contribution is 2.29. The molecule has 4 heteroatoms. The molecule has 3 nitrogen and oxygen atoms in total. The van der Waals surface area contributed by atoms with Crippen LogP contribution in [-0.4, -0.2) is 11.6 Å². The highest BCUT2D eigenvalue weighted by atomic mass is 19.1. The van der Waals surface area contributed by atoms with Crippen molar-refractivity contribution in [3.8, 4) is 28.3 Å². The summed E-state index contributed by atoms with van der Waals surface area (Å²) >= 11 is 0. The van der Waals surface area contributed by atoms with E-state index in [1.54, 1.807) is 6.07 Å². The molecule has 0 N–H and O–H groups in total. The lowest BCUT2D eigenvalue weighted by molar-refractivity contribution is 0.290. The molecule has 0 aliphatic heterocycles. The van der Waals surface area contributed by atoms with Crippen molar-refractivity contribution in [1.29, 1.82) is 0 Å². The fraction of sp³-hybridized carbons (Fsp3) is 0.269. The van der Waals surface area contributed by atoms with Crippen LogP contribution in [-0.2, 0) is 0 Å². The molecular weight excluding hydrogens is 377 g/mol. The van der Waals surface area contributed by atoms with Crippen LogP contribution in [0.1, 0.15) is 39.0 Å². The highest BCUT2D eigenvalue weighted by Gasteiger charge is 2.10. The summed E-state index contributed by atoms with van der Waals surface area (Å²) in [4.78, 5) is 4.52. The van der Waals surface area contributed by atoms with Crippen molar-refractivity contribution in [1.82, 2.24) is 4.98 Å². The van der Waals surface area contributed by atoms with Crippen molar-refractivity contribution < 1.29 is 13.5 Å². The molecule has 1 aromatic heterocycles. The molecule has 0 saturated heterocycles. The molecule has 0 aliphatic carbocycles. The van der Waals surface area contributed by atoms with Gasteiger partial charge in [0.15, 0.2) is 17.1 Å². The Hall–Kier alpha value is -3.14. The molecule has 0 spiro atoms. The Morgan fingerprint density at radius 2 is 1.57 bits per heavy atom. The Labute approximate surface area is 176 Å². The molecular formula is C26H26FNO2. The van der Waals surface area contributed by atoms with Crippen LogP contribution in [0.25, 0.3) is 33.7 Å². The number of rotatable bonds is 9. The van der Waals surface area contributed by atoms with E-state index in [9.17, 15) is 4.39 Å². The first-order chi connectivity index (χ1) is 14.7. The number of halogens is 1. The summed E-state index contributed by atoms with van der Waals surface area (Å²) in [5.74, 6) is 0.568. The number of nitrogens with zero attached hydrogens (tertiary/aromatic N) is 1. The molecule has 0 unspecified atom stereocenters. The number of hydrogen-bond acceptors (Lipinski definition) is 3. The quantitative estimate of drug-likeness (QED) is 0.269. The van der Waals surface area contributed by atoms with Crippen LogP contribution in [0, 0.1) is 5.82 Å². The number of ether oxygens (including phenoxy) is 1. The first-order valence-corrected chi connectivity index (χ1v) is 10.6. The Bertz CT molecular complexity index is 1070. The average molecular weight is 403 g/mol. The summed E-state index contributed by atoms with van der Waals surface area (Å²) in [5.41, 5.74) is 4.23. The maximum absolute atomic E-state index is 14.5. The van der Waals surface area contributed by atoms with Gasteiger partial charge in [-0.2, -0.15) is 0 Å². The average Bonchev–Trinajstić information content (AvgIpc) is 3.21. The monoisotopic (exact) mass is 403 g/mol. The van der Waals surface area contributed by atoms with E-state index in [0.717, 1.165) is 40.6 Å². The van der Waals surface area contributed by atoms with Gasteiger partial charge in [0, 0.05) is 5.56 Å². The minimum Gasteiger partial charge on any atom is -0.491 e. The Kier molecular flexibility index (Phi) is 6.43. The lowest BCUT2D eigenvalue weighted by Crippen LogP contribution is -1.99. The van der Waals surface area contributed by atoms with Gasteiger partial charge in [-0.3, -0.25) is 0 Å². The molecule has 0 fully saturated rings. The smallest absolute Gasteiger partial charge is 0.227 e. The Balaban J connectivity index is 1.42. The summed E-state index contributed by atoms with van der Waals surface area (Å²) in [6, 6.07) is 20.6. The van der Waals surface area contributed by atoms with Crippen molar-refractivity contribution in [3.63, 3.8) is 0 Å². The van der Waals surface area contributed by atoms with Gasteiger partial charge in [0.25, 0.3) is 0 Å². The number of benzene rings is 3. The predicted molar refractivity (Wildman–Crippen MR) is 119 cm³/mol. The molecule has 0 atom stereocenters. The zero-order valence-corrected chi connectivity index (χ0v) is 17.2. The molecule has 4 aromatic rings. The standard InChI is InChI=1S/C26H26FNO2/c1-2-3-4-5-8-17-29-24-16-15-21(18-22(24)27)19-11-13-20(14-12-19)26-28-23-9-6-7-10-25(23)30-26/h6-7,9-16,18H,2-5,8,17H2,1H3. The van der Waals surface area contributed by atoms with Gasteiger partial charge in [-0.15, -0.1) is 0 Å². The largest absolute Gasteiger partial charge is 0.491 e. The lowest BCUT2D eigenvalue weighted by atomic mass is 10.0. The van der Waals surface area contributed by atoms with Gasteiger partial charge in [0.2, 0.25) is 5.89 Å². The van der Waals surface area contributed by atoms with E-state index >= 15 is 0 Å². The highest BCUT2D eigenvalue weighted by molar-refractivity contribution is 5.76. The van der Waals surface area contributed by atoms with E-state index in [1.165, 1.54) is 25.3 Å². The number of hydrogen-bond donors (Lipinski definition) is 0. The molecule has 0 aliphatic rings. The molecule has 1 heterocycles. The first kappa shape index (κ1) is 20.1. The van der Waals surface area contributed by atoms with Gasteiger partial charge in [-0.1, -0.05) is 62.9 Å². The van der Waals surface area contributed by atoms with Crippen LogP contribution < -0.4 is 4.74 Å². The molecule has 3 aromatic carbocycles. The fourth-order valence-electron chi connectivity index (χ4n) is 3.49. The third-order valence-electron chi connectivity index (χ3n) is 5.20. The summed E-state index contributed by atoms with van der Waals surface area (Å²) in [5, 5.41) is 0. The maximum atomic E-state index is 14.5. The third-order valence-corrected chi connectivity index (χ3v) is 5.20. The molecule has 0 amide bonds. The summed E-state index contributed by atoms with van der Waals surface area (Å²) in [6.45, 7) is 2.75. The van der Waals surface area contributed by atoms with Crippen LogP contribution in [0.15, 0.2) is 71.1 Å². The van der Waals surface area contributed by atoms with Gasteiger partial charge in [0.1, 0.15) is 5.52 Å². The summed E-state index contributed by atoms with van der Waals surface area (Å²) < 4.78 is 25.9. The number of para-hydroxylation sites is 2. The lowest BCUT2D eigenvalue weighted by Gasteiger charge is -2.09. The number of unbranched alkanes of at least 4 members (excludes halogenated alkanes) is 4. The van der Waals surface area contributed by atoms with Gasteiger partial charge in [-0.05, 0) is 53.9 Å². The molecule has 0 radical (unpaired) electrons. The van der Waals surface area contributed by atoms with Crippen molar-refractivity contribution >= 4 is 11.1 Å². The van der Waals surface area contributed by atoms with Crippen LogP contribution in [0.4, 0.5) is 4.39 Å². The van der Waals surface area contributed by atoms with Crippen molar-refractivity contribution in [3.05, 3.63) is 72.5 Å². The van der Waals surface area contributed by atoms with Crippen molar-refractivity contribution in [2.24, 2.45) is 0 Å². The molecule has 0 bridgehead atoms. The zero-order valence-electron chi connectivity index (χ0n) is 17.2. The maximum Gasteiger partial charge on any atom is 0.227 e. The van der Waals surface area contributed by atoms with Crippen LogP contribution in [0.3, 0.4) is 0 Å². The second-order valence-corrected chi connectivity index (χ2v) is 7.47. The number of aromatic nitrogens is 1. The van der Waals surface area contributed by atoms with E-state index in [4.69, 9.17) is 9.15 Å². The topological polar surface area (TPSA) is 35.3 Å². The molecule has 30 heavy (non-hydrogen) atoms. The summed E-state index contributed by atoms with van der Waals surface area (Å²) in [6.07, 6.45) is 5.75. The van der Waals surface area contributed by atoms with E-state index in [-0.39, 0.29) is 5.82 Å². The Morgan fingerprint density at radius 1 is 0.833 bits per heavy atom. The zero-order chi connectivity index (χ0) is 20.8. The third kappa shape index (κ3) is 4.70. The van der Waals surface area contributed by atoms with Gasteiger partial charge >= 0.3 is 0 Å². The molecule has 4 rings (SSSR count). The van der Waals surface area contributed by atoms with Gasteiger partial charge < -0.3 is 9.15 Å². The van der Waals surface area contributed by atoms with Gasteiger partial charge in [-0.25, -0.2) is 9.37 Å². The number of oxazole rings is 1. The Morgan fingerprint density at radius 3 is 2.33 bits per heavy atom. The van der Waals surface area contributed by atoms with E-state index in [1.807, 2.05) is 54.6 Å². The van der Waals surface area contributed by atoms with Crippen LogP contribution >= 0.6 is 0 Å². The SMILES string of the molecule is CCCCCCCOc1ccc(-c2ccc(-c3nc4ccccc4o3)cc2)cc1F. The predicted octanol–water partition coefficient (Wildman–Crippen LogP) is 7.65. The normalized spacial score (nSPS) is 11.1. The molecule has 0 saturated carbocycles. The van der Waals surface area contributed by atoms with Crippen LogP contribution in [0.2, 0.25) is 0 Å². The first-order valence-electron chi connectivity index (χ1n) is 10.6. The fourth-order valence-corrected chi connectivity index (χ4v) is 3.49. The number of fused-ring (bicyclic) bond motifs is 1. The second-order valence-electron chi connectivity index (χ2n) is 7.47. The van der Waals surface area contributed by atoms with E-state index in [2.05, 4.69) is 11.9 Å². The van der Waals surface area contributed by atoms with E-state index in [0.29, 0.717) is 18.2 Å². The van der Waals surface area contributed by atoms with Crippen molar-refractivity contribution in [2.75, 3.05) is 6.61 Å². The molecule has 154 valence electrons. The second kappa shape index (κ2) is 9.57.